The largest absolute Gasteiger partial charge is 0.422 e. The summed E-state index contributed by atoms with van der Waals surface area (Å²) in [7, 11) is 0. The molecule has 0 unspecified atom stereocenters. The summed E-state index contributed by atoms with van der Waals surface area (Å²) in [6.07, 6.45) is 0.424. The maximum absolute atomic E-state index is 11.4. The van der Waals surface area contributed by atoms with Crippen molar-refractivity contribution in [1.82, 2.24) is 0 Å². The van der Waals surface area contributed by atoms with E-state index in [1.165, 1.54) is 0 Å². The topological polar surface area (TPSA) is 47.3 Å². The van der Waals surface area contributed by atoms with Crippen LogP contribution in [0.3, 0.4) is 0 Å². The monoisotopic (exact) mass is 236 g/mol. The van der Waals surface area contributed by atoms with E-state index in [1.807, 2.05) is 19.9 Å². The SMILES string of the molecule is Cc1cc(C)c2c(Cl)c(C=O)c(=O)oc2c1. The summed E-state index contributed by atoms with van der Waals surface area (Å²) in [5.74, 6) is 0. The number of hydrogen-bond donors (Lipinski definition) is 0. The Morgan fingerprint density at radius 2 is 2.00 bits per heavy atom. The molecule has 3 nitrogen and oxygen atoms in total. The molecule has 1 aromatic heterocycles. The Kier molecular flexibility index (Phi) is 2.56. The van der Waals surface area contributed by atoms with E-state index in [0.29, 0.717) is 17.3 Å². The molecule has 0 N–H and O–H groups in total. The fourth-order valence-corrected chi connectivity index (χ4v) is 2.13. The van der Waals surface area contributed by atoms with Gasteiger partial charge >= 0.3 is 5.63 Å². The average molecular weight is 237 g/mol. The highest BCUT2D eigenvalue weighted by atomic mass is 35.5. The van der Waals surface area contributed by atoms with E-state index in [-0.39, 0.29) is 10.6 Å². The Morgan fingerprint density at radius 3 is 2.62 bits per heavy atom. The Bertz CT molecular complexity index is 641. The minimum absolute atomic E-state index is 0.124. The molecule has 0 saturated heterocycles. The summed E-state index contributed by atoms with van der Waals surface area (Å²) in [6, 6.07) is 3.65. The molecule has 0 aliphatic heterocycles. The highest BCUT2D eigenvalue weighted by Crippen LogP contribution is 2.28. The third kappa shape index (κ3) is 1.53. The zero-order valence-corrected chi connectivity index (χ0v) is 9.59. The summed E-state index contributed by atoms with van der Waals surface area (Å²) < 4.78 is 5.05. The second kappa shape index (κ2) is 3.76. The third-order valence-electron chi connectivity index (χ3n) is 2.44. The first kappa shape index (κ1) is 10.9. The first-order valence-electron chi connectivity index (χ1n) is 4.73. The van der Waals surface area contributed by atoms with Crippen LogP contribution in [0.25, 0.3) is 11.0 Å². The number of rotatable bonds is 1. The molecule has 0 bridgehead atoms. The summed E-state index contributed by atoms with van der Waals surface area (Å²) in [6.45, 7) is 3.75. The standard InChI is InChI=1S/C12H9ClO3/c1-6-3-7(2)10-9(4-6)16-12(15)8(5-14)11(10)13/h3-5H,1-2H3. The second-order valence-electron chi connectivity index (χ2n) is 3.69. The first-order valence-corrected chi connectivity index (χ1v) is 5.11. The van der Waals surface area contributed by atoms with Gasteiger partial charge < -0.3 is 4.42 Å². The van der Waals surface area contributed by atoms with Crippen LogP contribution in [0.1, 0.15) is 21.5 Å². The van der Waals surface area contributed by atoms with Crippen LogP contribution < -0.4 is 5.63 Å². The second-order valence-corrected chi connectivity index (χ2v) is 4.07. The predicted molar refractivity (Wildman–Crippen MR) is 62.4 cm³/mol. The normalized spacial score (nSPS) is 10.7. The molecule has 16 heavy (non-hydrogen) atoms. The summed E-state index contributed by atoms with van der Waals surface area (Å²) in [5, 5.41) is 0.785. The van der Waals surface area contributed by atoms with Crippen molar-refractivity contribution in [2.45, 2.75) is 13.8 Å². The van der Waals surface area contributed by atoms with Gasteiger partial charge in [0.1, 0.15) is 11.1 Å². The van der Waals surface area contributed by atoms with E-state index in [9.17, 15) is 9.59 Å². The molecule has 0 fully saturated rings. The van der Waals surface area contributed by atoms with Crippen molar-refractivity contribution in [2.75, 3.05) is 0 Å². The molecule has 0 spiro atoms. The minimum Gasteiger partial charge on any atom is -0.422 e. The number of benzene rings is 1. The van der Waals surface area contributed by atoms with Gasteiger partial charge in [-0.15, -0.1) is 0 Å². The van der Waals surface area contributed by atoms with Crippen molar-refractivity contribution in [3.8, 4) is 0 Å². The van der Waals surface area contributed by atoms with Crippen LogP contribution in [0.4, 0.5) is 0 Å². The van der Waals surface area contributed by atoms with Crippen LogP contribution in [0.5, 0.6) is 0 Å². The maximum Gasteiger partial charge on any atom is 0.348 e. The Morgan fingerprint density at radius 1 is 1.31 bits per heavy atom. The summed E-state index contributed by atoms with van der Waals surface area (Å²) in [5.41, 5.74) is 1.45. The van der Waals surface area contributed by atoms with Crippen LogP contribution in [-0.2, 0) is 0 Å². The lowest BCUT2D eigenvalue weighted by molar-refractivity contribution is 0.112. The molecule has 4 heteroatoms. The van der Waals surface area contributed by atoms with Crippen molar-refractivity contribution in [3.05, 3.63) is 44.3 Å². The quantitative estimate of drug-likeness (QED) is 0.565. The lowest BCUT2D eigenvalue weighted by Gasteiger charge is -2.06. The molecular formula is C12H9ClO3. The van der Waals surface area contributed by atoms with Gasteiger partial charge in [0.25, 0.3) is 0 Å². The Hall–Kier alpha value is -1.61. The van der Waals surface area contributed by atoms with Crippen LogP contribution in [0, 0.1) is 13.8 Å². The lowest BCUT2D eigenvalue weighted by Crippen LogP contribution is -2.07. The van der Waals surface area contributed by atoms with Crippen LogP contribution >= 0.6 is 11.6 Å². The molecule has 2 rings (SSSR count). The Balaban J connectivity index is 3.05. The average Bonchev–Trinajstić information content (AvgIpc) is 2.15. The zero-order chi connectivity index (χ0) is 11.9. The molecule has 0 aliphatic rings. The summed E-state index contributed by atoms with van der Waals surface area (Å²) in [4.78, 5) is 22.2. The van der Waals surface area contributed by atoms with E-state index in [0.717, 1.165) is 11.1 Å². The van der Waals surface area contributed by atoms with Gasteiger partial charge in [0.05, 0.1) is 5.02 Å². The van der Waals surface area contributed by atoms with Gasteiger partial charge in [-0.05, 0) is 31.0 Å². The molecule has 1 aromatic carbocycles. The van der Waals surface area contributed by atoms with Gasteiger partial charge in [0.15, 0.2) is 6.29 Å². The molecule has 0 aliphatic carbocycles. The number of halogens is 1. The van der Waals surface area contributed by atoms with Crippen molar-refractivity contribution >= 4 is 28.9 Å². The van der Waals surface area contributed by atoms with Crippen LogP contribution in [0.15, 0.2) is 21.3 Å². The van der Waals surface area contributed by atoms with E-state index in [1.54, 1.807) is 6.07 Å². The van der Waals surface area contributed by atoms with Crippen molar-refractivity contribution in [3.63, 3.8) is 0 Å². The molecule has 0 amide bonds. The van der Waals surface area contributed by atoms with Crippen LogP contribution in [-0.4, -0.2) is 6.29 Å². The smallest absolute Gasteiger partial charge is 0.348 e. The minimum atomic E-state index is -0.697. The molecule has 82 valence electrons. The third-order valence-corrected chi connectivity index (χ3v) is 2.83. The number of fused-ring (bicyclic) bond motifs is 1. The van der Waals surface area contributed by atoms with E-state index < -0.39 is 5.63 Å². The van der Waals surface area contributed by atoms with Crippen LogP contribution in [0.2, 0.25) is 5.02 Å². The van der Waals surface area contributed by atoms with Gasteiger partial charge in [-0.1, -0.05) is 17.7 Å². The van der Waals surface area contributed by atoms with Gasteiger partial charge in [0.2, 0.25) is 0 Å². The van der Waals surface area contributed by atoms with E-state index in [2.05, 4.69) is 0 Å². The number of carbonyl (C=O) groups excluding carboxylic acids is 1. The van der Waals surface area contributed by atoms with Gasteiger partial charge in [-0.3, -0.25) is 4.79 Å². The summed E-state index contributed by atoms with van der Waals surface area (Å²) >= 11 is 6.01. The number of aryl methyl sites for hydroxylation is 2. The van der Waals surface area contributed by atoms with Crippen molar-refractivity contribution < 1.29 is 9.21 Å². The molecule has 0 saturated carbocycles. The van der Waals surface area contributed by atoms with Gasteiger partial charge in [-0.25, -0.2) is 4.79 Å². The first-order chi connectivity index (χ1) is 7.54. The predicted octanol–water partition coefficient (Wildman–Crippen LogP) is 2.88. The number of hydrogen-bond acceptors (Lipinski definition) is 3. The van der Waals surface area contributed by atoms with Gasteiger partial charge in [-0.2, -0.15) is 0 Å². The highest BCUT2D eigenvalue weighted by molar-refractivity contribution is 6.37. The molecule has 0 radical (unpaired) electrons. The molecule has 0 atom stereocenters. The number of carbonyl (C=O) groups is 1. The molecule has 1 heterocycles. The van der Waals surface area contributed by atoms with Crippen molar-refractivity contribution in [1.29, 1.82) is 0 Å². The molecule has 2 aromatic rings. The fourth-order valence-electron chi connectivity index (χ4n) is 1.77. The van der Waals surface area contributed by atoms with E-state index >= 15 is 0 Å². The number of aldehydes is 1. The lowest BCUT2D eigenvalue weighted by atomic mass is 10.1. The fraction of sp³-hybridized carbons (Fsp3) is 0.167. The van der Waals surface area contributed by atoms with E-state index in [4.69, 9.17) is 16.0 Å². The van der Waals surface area contributed by atoms with Gasteiger partial charge in [0, 0.05) is 5.39 Å². The van der Waals surface area contributed by atoms with Crippen molar-refractivity contribution in [2.24, 2.45) is 0 Å². The zero-order valence-electron chi connectivity index (χ0n) is 8.83. The Labute approximate surface area is 96.6 Å². The molecular weight excluding hydrogens is 228 g/mol. The maximum atomic E-state index is 11.4. The highest BCUT2D eigenvalue weighted by Gasteiger charge is 2.14.